The first-order valence-corrected chi connectivity index (χ1v) is 6.07. The molecule has 0 aliphatic carbocycles. The molecule has 3 rings (SSSR count). The lowest BCUT2D eigenvalue weighted by Crippen LogP contribution is -1.95. The Labute approximate surface area is 110 Å². The normalized spacial score (nSPS) is 11.1. The predicted octanol–water partition coefficient (Wildman–Crippen LogP) is 3.34. The third-order valence-corrected chi connectivity index (χ3v) is 3.25. The summed E-state index contributed by atoms with van der Waals surface area (Å²) in [5.74, 6) is 0.327. The summed E-state index contributed by atoms with van der Waals surface area (Å²) >= 11 is 0. The monoisotopic (exact) mass is 255 g/mol. The minimum absolute atomic E-state index is 0.251. The van der Waals surface area contributed by atoms with Gasteiger partial charge < -0.3 is 5.73 Å². The summed E-state index contributed by atoms with van der Waals surface area (Å²) < 4.78 is 15.0. The van der Waals surface area contributed by atoms with Crippen LogP contribution in [0.25, 0.3) is 16.9 Å². The minimum Gasteiger partial charge on any atom is -0.383 e. The van der Waals surface area contributed by atoms with Crippen molar-refractivity contribution in [3.05, 3.63) is 53.5 Å². The number of pyridine rings is 1. The molecule has 0 amide bonds. The Bertz CT molecular complexity index is 774. The van der Waals surface area contributed by atoms with E-state index >= 15 is 0 Å². The van der Waals surface area contributed by atoms with Crippen LogP contribution in [0.3, 0.4) is 0 Å². The van der Waals surface area contributed by atoms with E-state index in [1.807, 2.05) is 36.6 Å². The molecule has 0 unspecified atom stereocenters. The molecule has 0 bridgehead atoms. The molecule has 3 aromatic rings. The van der Waals surface area contributed by atoms with E-state index in [-0.39, 0.29) is 5.82 Å². The number of imidazole rings is 1. The van der Waals surface area contributed by atoms with Gasteiger partial charge in [-0.25, -0.2) is 9.37 Å². The molecule has 3 nitrogen and oxygen atoms in total. The van der Waals surface area contributed by atoms with Crippen LogP contribution in [-0.4, -0.2) is 9.38 Å². The largest absolute Gasteiger partial charge is 0.383 e. The fraction of sp³-hybridized carbons (Fsp3) is 0.133. The van der Waals surface area contributed by atoms with Crippen molar-refractivity contribution in [1.82, 2.24) is 9.38 Å². The second-order valence-corrected chi connectivity index (χ2v) is 4.74. The molecular weight excluding hydrogens is 241 g/mol. The standard InChI is InChI=1S/C15H14FN3/c1-9-3-6-13-18-14(15(17)19(13)8-9)12-5-4-11(16)7-10(12)2/h3-8H,17H2,1-2H3. The molecule has 0 aliphatic heterocycles. The number of aromatic nitrogens is 2. The number of aryl methyl sites for hydroxylation is 2. The maximum atomic E-state index is 13.2. The van der Waals surface area contributed by atoms with Gasteiger partial charge in [0.15, 0.2) is 0 Å². The van der Waals surface area contributed by atoms with Gasteiger partial charge in [0.2, 0.25) is 0 Å². The number of fused-ring (bicyclic) bond motifs is 1. The molecule has 0 spiro atoms. The highest BCUT2D eigenvalue weighted by atomic mass is 19.1. The van der Waals surface area contributed by atoms with Crippen LogP contribution in [-0.2, 0) is 0 Å². The number of anilines is 1. The lowest BCUT2D eigenvalue weighted by molar-refractivity contribution is 0.627. The Morgan fingerprint density at radius 3 is 2.68 bits per heavy atom. The molecule has 0 saturated heterocycles. The summed E-state index contributed by atoms with van der Waals surface area (Å²) in [6.07, 6.45) is 1.94. The van der Waals surface area contributed by atoms with Gasteiger partial charge >= 0.3 is 0 Å². The van der Waals surface area contributed by atoms with Gasteiger partial charge in [0.25, 0.3) is 0 Å². The average molecular weight is 255 g/mol. The topological polar surface area (TPSA) is 43.3 Å². The summed E-state index contributed by atoms with van der Waals surface area (Å²) in [5, 5.41) is 0. The van der Waals surface area contributed by atoms with Crippen LogP contribution in [0.1, 0.15) is 11.1 Å². The van der Waals surface area contributed by atoms with Crippen molar-refractivity contribution in [2.45, 2.75) is 13.8 Å². The van der Waals surface area contributed by atoms with Crippen molar-refractivity contribution in [1.29, 1.82) is 0 Å². The minimum atomic E-state index is -0.251. The van der Waals surface area contributed by atoms with Gasteiger partial charge in [-0.3, -0.25) is 4.40 Å². The smallest absolute Gasteiger partial charge is 0.139 e. The molecule has 0 saturated carbocycles. The van der Waals surface area contributed by atoms with Gasteiger partial charge in [-0.1, -0.05) is 6.07 Å². The van der Waals surface area contributed by atoms with Crippen LogP contribution >= 0.6 is 0 Å². The van der Waals surface area contributed by atoms with Crippen LogP contribution in [0.4, 0.5) is 10.2 Å². The Kier molecular flexibility index (Phi) is 2.52. The molecule has 0 radical (unpaired) electrons. The maximum absolute atomic E-state index is 13.2. The van der Waals surface area contributed by atoms with Gasteiger partial charge in [0, 0.05) is 11.8 Å². The van der Waals surface area contributed by atoms with E-state index in [1.54, 1.807) is 6.07 Å². The Balaban J connectivity index is 2.28. The van der Waals surface area contributed by atoms with Crippen LogP contribution in [0.2, 0.25) is 0 Å². The zero-order valence-corrected chi connectivity index (χ0v) is 10.8. The molecule has 0 atom stereocenters. The highest BCUT2D eigenvalue weighted by Gasteiger charge is 2.13. The third-order valence-electron chi connectivity index (χ3n) is 3.25. The summed E-state index contributed by atoms with van der Waals surface area (Å²) in [6, 6.07) is 8.55. The SMILES string of the molecule is Cc1ccc2nc(-c3ccc(F)cc3C)c(N)n2c1. The Morgan fingerprint density at radius 1 is 1.16 bits per heavy atom. The first kappa shape index (κ1) is 11.7. The number of nitrogens with two attached hydrogens (primary N) is 1. The number of benzene rings is 1. The number of nitrogens with zero attached hydrogens (tertiary/aromatic N) is 2. The molecule has 0 fully saturated rings. The molecule has 4 heteroatoms. The van der Waals surface area contributed by atoms with E-state index in [0.29, 0.717) is 11.5 Å². The van der Waals surface area contributed by atoms with Gasteiger partial charge in [0.1, 0.15) is 23.0 Å². The number of rotatable bonds is 1. The Hall–Kier alpha value is -2.36. The van der Waals surface area contributed by atoms with Crippen LogP contribution in [0, 0.1) is 19.7 Å². The molecule has 1 aromatic carbocycles. The average Bonchev–Trinajstić information content (AvgIpc) is 2.67. The zero-order chi connectivity index (χ0) is 13.6. The predicted molar refractivity (Wildman–Crippen MR) is 74.5 cm³/mol. The molecule has 2 heterocycles. The Morgan fingerprint density at radius 2 is 1.95 bits per heavy atom. The number of nitrogen functional groups attached to an aromatic ring is 1. The maximum Gasteiger partial charge on any atom is 0.139 e. The van der Waals surface area contributed by atoms with E-state index in [9.17, 15) is 4.39 Å². The van der Waals surface area contributed by atoms with E-state index in [4.69, 9.17) is 5.73 Å². The van der Waals surface area contributed by atoms with E-state index in [1.165, 1.54) is 12.1 Å². The van der Waals surface area contributed by atoms with E-state index in [0.717, 1.165) is 22.3 Å². The van der Waals surface area contributed by atoms with Crippen molar-refractivity contribution in [3.63, 3.8) is 0 Å². The third kappa shape index (κ3) is 1.85. The summed E-state index contributed by atoms with van der Waals surface area (Å²) in [4.78, 5) is 4.53. The fourth-order valence-electron chi connectivity index (χ4n) is 2.26. The highest BCUT2D eigenvalue weighted by Crippen LogP contribution is 2.29. The molecule has 2 aromatic heterocycles. The van der Waals surface area contributed by atoms with E-state index < -0.39 is 0 Å². The summed E-state index contributed by atoms with van der Waals surface area (Å²) in [6.45, 7) is 3.86. The fourth-order valence-corrected chi connectivity index (χ4v) is 2.26. The lowest BCUT2D eigenvalue weighted by Gasteiger charge is -2.04. The first-order valence-electron chi connectivity index (χ1n) is 6.07. The van der Waals surface area contributed by atoms with E-state index in [2.05, 4.69) is 4.98 Å². The number of hydrogen-bond donors (Lipinski definition) is 1. The highest BCUT2D eigenvalue weighted by molar-refractivity contribution is 5.77. The quantitative estimate of drug-likeness (QED) is 0.724. The second-order valence-electron chi connectivity index (χ2n) is 4.74. The van der Waals surface area contributed by atoms with Crippen molar-refractivity contribution in [2.75, 3.05) is 5.73 Å². The summed E-state index contributed by atoms with van der Waals surface area (Å²) in [7, 11) is 0. The van der Waals surface area contributed by atoms with Crippen LogP contribution in [0.5, 0.6) is 0 Å². The van der Waals surface area contributed by atoms with Crippen molar-refractivity contribution in [3.8, 4) is 11.3 Å². The molecule has 0 aliphatic rings. The number of halogens is 1. The number of hydrogen-bond acceptors (Lipinski definition) is 2. The van der Waals surface area contributed by atoms with Gasteiger partial charge in [-0.15, -0.1) is 0 Å². The van der Waals surface area contributed by atoms with Crippen molar-refractivity contribution >= 4 is 11.5 Å². The van der Waals surface area contributed by atoms with Gasteiger partial charge in [-0.05, 0) is 49.2 Å². The second kappa shape index (κ2) is 4.09. The van der Waals surface area contributed by atoms with Crippen molar-refractivity contribution in [2.24, 2.45) is 0 Å². The summed E-state index contributed by atoms with van der Waals surface area (Å²) in [5.41, 5.74) is 10.4. The molecule has 2 N–H and O–H groups in total. The van der Waals surface area contributed by atoms with Crippen LogP contribution < -0.4 is 5.73 Å². The van der Waals surface area contributed by atoms with Gasteiger partial charge in [0.05, 0.1) is 0 Å². The lowest BCUT2D eigenvalue weighted by atomic mass is 10.1. The van der Waals surface area contributed by atoms with Crippen LogP contribution in [0.15, 0.2) is 36.5 Å². The van der Waals surface area contributed by atoms with Crippen molar-refractivity contribution < 1.29 is 4.39 Å². The zero-order valence-electron chi connectivity index (χ0n) is 10.8. The van der Waals surface area contributed by atoms with Gasteiger partial charge in [-0.2, -0.15) is 0 Å². The molecule has 19 heavy (non-hydrogen) atoms. The molecular formula is C15H14FN3. The molecule has 96 valence electrons. The first-order chi connectivity index (χ1) is 9.06.